The van der Waals surface area contributed by atoms with Crippen LogP contribution in [-0.4, -0.2) is 18.3 Å². The Morgan fingerprint density at radius 1 is 0.889 bits per heavy atom. The van der Waals surface area contributed by atoms with Crippen LogP contribution >= 0.6 is 0 Å². The number of aryl methyl sites for hydroxylation is 1. The van der Waals surface area contributed by atoms with E-state index in [0.29, 0.717) is 16.9 Å². The van der Waals surface area contributed by atoms with E-state index in [0.717, 1.165) is 11.3 Å². The van der Waals surface area contributed by atoms with E-state index in [2.05, 4.69) is 5.32 Å². The number of hydrogen-bond acceptors (Lipinski definition) is 3. The molecule has 0 aliphatic rings. The van der Waals surface area contributed by atoms with E-state index in [9.17, 15) is 14.0 Å². The zero-order valence-electron chi connectivity index (χ0n) is 14.7. The second kappa shape index (κ2) is 8.27. The number of para-hydroxylation sites is 1. The maximum Gasteiger partial charge on any atom is 0.262 e. The van der Waals surface area contributed by atoms with Crippen LogP contribution in [0.25, 0.3) is 0 Å². The maximum absolute atomic E-state index is 13.0. The van der Waals surface area contributed by atoms with Crippen LogP contribution in [0.2, 0.25) is 0 Å². The molecule has 0 aromatic heterocycles. The molecule has 1 N–H and O–H groups in total. The summed E-state index contributed by atoms with van der Waals surface area (Å²) < 4.78 is 18.4. The molecular formula is C22H18FNO3. The van der Waals surface area contributed by atoms with Gasteiger partial charge in [0.25, 0.3) is 5.91 Å². The predicted molar refractivity (Wildman–Crippen MR) is 102 cm³/mol. The van der Waals surface area contributed by atoms with E-state index in [1.165, 1.54) is 24.3 Å². The summed E-state index contributed by atoms with van der Waals surface area (Å²) in [5.74, 6) is -0.389. The molecule has 4 nitrogen and oxygen atoms in total. The largest absolute Gasteiger partial charge is 0.484 e. The Bertz CT molecular complexity index is 950. The first-order valence-corrected chi connectivity index (χ1v) is 8.41. The summed E-state index contributed by atoms with van der Waals surface area (Å²) in [5, 5.41) is 2.79. The van der Waals surface area contributed by atoms with Crippen LogP contribution in [-0.2, 0) is 4.79 Å². The first-order chi connectivity index (χ1) is 13.0. The molecule has 136 valence electrons. The van der Waals surface area contributed by atoms with Crippen LogP contribution in [0.15, 0.2) is 72.8 Å². The highest BCUT2D eigenvalue weighted by Crippen LogP contribution is 2.17. The highest BCUT2D eigenvalue weighted by Gasteiger charge is 2.10. The van der Waals surface area contributed by atoms with Crippen molar-refractivity contribution in [2.24, 2.45) is 0 Å². The van der Waals surface area contributed by atoms with Crippen molar-refractivity contribution in [1.82, 2.24) is 0 Å². The quantitative estimate of drug-likeness (QED) is 0.661. The van der Waals surface area contributed by atoms with Gasteiger partial charge in [0.1, 0.15) is 11.6 Å². The number of anilines is 1. The van der Waals surface area contributed by atoms with Crippen molar-refractivity contribution >= 4 is 17.4 Å². The topological polar surface area (TPSA) is 55.4 Å². The Morgan fingerprint density at radius 3 is 2.11 bits per heavy atom. The average molecular weight is 363 g/mol. The summed E-state index contributed by atoms with van der Waals surface area (Å²) in [6.07, 6.45) is 0. The molecule has 0 unspecified atom stereocenters. The summed E-state index contributed by atoms with van der Waals surface area (Å²) in [4.78, 5) is 24.3. The molecule has 3 aromatic carbocycles. The van der Waals surface area contributed by atoms with Crippen molar-refractivity contribution in [3.63, 3.8) is 0 Å². The molecular weight excluding hydrogens is 345 g/mol. The monoisotopic (exact) mass is 363 g/mol. The first kappa shape index (κ1) is 18.3. The molecule has 27 heavy (non-hydrogen) atoms. The molecule has 3 aromatic rings. The summed E-state index contributed by atoms with van der Waals surface area (Å²) in [6, 6.07) is 19.3. The van der Waals surface area contributed by atoms with E-state index in [-0.39, 0.29) is 24.1 Å². The van der Waals surface area contributed by atoms with E-state index in [1.54, 1.807) is 24.3 Å². The van der Waals surface area contributed by atoms with Gasteiger partial charge in [-0.2, -0.15) is 0 Å². The van der Waals surface area contributed by atoms with Crippen LogP contribution in [0.3, 0.4) is 0 Å². The van der Waals surface area contributed by atoms with Gasteiger partial charge in [-0.05, 0) is 67.1 Å². The van der Waals surface area contributed by atoms with Gasteiger partial charge in [-0.15, -0.1) is 0 Å². The number of nitrogens with one attached hydrogen (secondary N) is 1. The Hall–Kier alpha value is -3.47. The summed E-state index contributed by atoms with van der Waals surface area (Å²) in [7, 11) is 0. The van der Waals surface area contributed by atoms with Gasteiger partial charge in [0.05, 0.1) is 0 Å². The maximum atomic E-state index is 13.0. The summed E-state index contributed by atoms with van der Waals surface area (Å²) in [6.45, 7) is 1.77. The fourth-order valence-corrected chi connectivity index (χ4v) is 2.52. The number of carbonyl (C=O) groups is 2. The molecule has 0 heterocycles. The molecule has 0 radical (unpaired) electrons. The minimum Gasteiger partial charge on any atom is -0.484 e. The van der Waals surface area contributed by atoms with Crippen LogP contribution in [0.1, 0.15) is 21.5 Å². The third kappa shape index (κ3) is 4.79. The standard InChI is InChI=1S/C22H18FNO3/c1-15-4-2-3-5-20(15)24-21(25)14-27-19-12-8-17(9-13-19)22(26)16-6-10-18(23)11-7-16/h2-13H,14H2,1H3,(H,24,25). The molecule has 1 amide bonds. The van der Waals surface area contributed by atoms with Gasteiger partial charge in [-0.25, -0.2) is 4.39 Å². The number of ether oxygens (including phenoxy) is 1. The van der Waals surface area contributed by atoms with Crippen molar-refractivity contribution in [3.05, 3.63) is 95.3 Å². The lowest BCUT2D eigenvalue weighted by molar-refractivity contribution is -0.118. The van der Waals surface area contributed by atoms with Crippen molar-refractivity contribution < 1.29 is 18.7 Å². The van der Waals surface area contributed by atoms with Crippen molar-refractivity contribution in [3.8, 4) is 5.75 Å². The van der Waals surface area contributed by atoms with Gasteiger partial charge in [0, 0.05) is 16.8 Å². The van der Waals surface area contributed by atoms with Crippen LogP contribution in [0.5, 0.6) is 5.75 Å². The smallest absolute Gasteiger partial charge is 0.262 e. The van der Waals surface area contributed by atoms with Gasteiger partial charge in [0.15, 0.2) is 12.4 Å². The Balaban J connectivity index is 1.57. The normalized spacial score (nSPS) is 10.3. The molecule has 0 atom stereocenters. The van der Waals surface area contributed by atoms with Crippen molar-refractivity contribution in [1.29, 1.82) is 0 Å². The van der Waals surface area contributed by atoms with Crippen molar-refractivity contribution in [2.75, 3.05) is 11.9 Å². The Kier molecular flexibility index (Phi) is 5.61. The molecule has 0 aliphatic carbocycles. The van der Waals surface area contributed by atoms with Crippen molar-refractivity contribution in [2.45, 2.75) is 6.92 Å². The van der Waals surface area contributed by atoms with Crippen LogP contribution in [0, 0.1) is 12.7 Å². The van der Waals surface area contributed by atoms with E-state index in [4.69, 9.17) is 4.74 Å². The van der Waals surface area contributed by atoms with Gasteiger partial charge in [0.2, 0.25) is 0 Å². The first-order valence-electron chi connectivity index (χ1n) is 8.41. The number of carbonyl (C=O) groups excluding carboxylic acids is 2. The zero-order valence-corrected chi connectivity index (χ0v) is 14.7. The fraction of sp³-hybridized carbons (Fsp3) is 0.0909. The average Bonchev–Trinajstić information content (AvgIpc) is 2.69. The van der Waals surface area contributed by atoms with E-state index < -0.39 is 0 Å². The minimum atomic E-state index is -0.390. The zero-order chi connectivity index (χ0) is 19.2. The number of hydrogen-bond donors (Lipinski definition) is 1. The molecule has 0 bridgehead atoms. The lowest BCUT2D eigenvalue weighted by atomic mass is 10.0. The lowest BCUT2D eigenvalue weighted by Gasteiger charge is -2.10. The Morgan fingerprint density at radius 2 is 1.48 bits per heavy atom. The number of halogens is 1. The second-order valence-electron chi connectivity index (χ2n) is 6.01. The molecule has 5 heteroatoms. The SMILES string of the molecule is Cc1ccccc1NC(=O)COc1ccc(C(=O)c2ccc(F)cc2)cc1. The third-order valence-corrected chi connectivity index (χ3v) is 4.01. The Labute approximate surface area is 156 Å². The van der Waals surface area contributed by atoms with Gasteiger partial charge in [-0.1, -0.05) is 18.2 Å². The summed E-state index contributed by atoms with van der Waals surface area (Å²) >= 11 is 0. The second-order valence-corrected chi connectivity index (χ2v) is 6.01. The van der Waals surface area contributed by atoms with Gasteiger partial charge < -0.3 is 10.1 Å². The highest BCUT2D eigenvalue weighted by atomic mass is 19.1. The van der Waals surface area contributed by atoms with E-state index in [1.807, 2.05) is 31.2 Å². The van der Waals surface area contributed by atoms with Crippen LogP contribution in [0.4, 0.5) is 10.1 Å². The van der Waals surface area contributed by atoms with E-state index >= 15 is 0 Å². The fourth-order valence-electron chi connectivity index (χ4n) is 2.52. The summed E-state index contributed by atoms with van der Waals surface area (Å²) in [5.41, 5.74) is 2.57. The van der Waals surface area contributed by atoms with Gasteiger partial charge >= 0.3 is 0 Å². The molecule has 3 rings (SSSR count). The predicted octanol–water partition coefficient (Wildman–Crippen LogP) is 4.38. The molecule has 0 aliphatic heterocycles. The number of benzene rings is 3. The minimum absolute atomic E-state index is 0.139. The molecule has 0 spiro atoms. The molecule has 0 fully saturated rings. The third-order valence-electron chi connectivity index (χ3n) is 4.01. The molecule has 0 saturated carbocycles. The van der Waals surface area contributed by atoms with Gasteiger partial charge in [-0.3, -0.25) is 9.59 Å². The number of rotatable bonds is 6. The number of ketones is 1. The molecule has 0 saturated heterocycles. The highest BCUT2D eigenvalue weighted by molar-refractivity contribution is 6.09. The number of amides is 1. The lowest BCUT2D eigenvalue weighted by Crippen LogP contribution is -2.20. The van der Waals surface area contributed by atoms with Crippen LogP contribution < -0.4 is 10.1 Å².